The highest BCUT2D eigenvalue weighted by molar-refractivity contribution is 7.89. The minimum absolute atomic E-state index is 0.0640. The molecule has 3 aliphatic heterocycles. The Morgan fingerprint density at radius 2 is 1.84 bits per heavy atom. The van der Waals surface area contributed by atoms with Gasteiger partial charge in [0.2, 0.25) is 10.0 Å². The van der Waals surface area contributed by atoms with Crippen LogP contribution in [0.5, 0.6) is 0 Å². The lowest BCUT2D eigenvalue weighted by Gasteiger charge is -2.44. The van der Waals surface area contributed by atoms with Crippen LogP contribution in [0.15, 0.2) is 59.5 Å². The SMILES string of the molecule is CC(C)N1CC(CN(C[C@@H](O)[C@H](Cc2ccccc2)NC(=O)O[C@@H]2C3COC4O[C@H]2CC4C3)S(=O)(=O)c2ccc(N)cc2)C1. The molecule has 1 aliphatic carbocycles. The minimum atomic E-state index is -3.97. The molecule has 3 bridgehead atoms. The maximum Gasteiger partial charge on any atom is 0.407 e. The number of amides is 1. The van der Waals surface area contributed by atoms with Gasteiger partial charge in [0.25, 0.3) is 0 Å². The Morgan fingerprint density at radius 1 is 1.11 bits per heavy atom. The highest BCUT2D eigenvalue weighted by Crippen LogP contribution is 2.46. The molecular formula is C32H44N4O7S. The third-order valence-corrected chi connectivity index (χ3v) is 11.4. The van der Waals surface area contributed by atoms with E-state index in [1.807, 2.05) is 30.3 Å². The first-order valence-corrected chi connectivity index (χ1v) is 17.1. The normalized spacial score (nSPS) is 28.2. The van der Waals surface area contributed by atoms with Gasteiger partial charge < -0.3 is 35.3 Å². The number of nitrogens with one attached hydrogen (secondary N) is 1. The number of nitrogens with zero attached hydrogens (tertiary/aromatic N) is 2. The molecule has 4 aliphatic rings. The van der Waals surface area contributed by atoms with E-state index >= 15 is 0 Å². The third kappa shape index (κ3) is 6.75. The van der Waals surface area contributed by atoms with Crippen molar-refractivity contribution < 1.29 is 32.5 Å². The van der Waals surface area contributed by atoms with Crippen LogP contribution in [-0.2, 0) is 30.7 Å². The molecule has 2 aromatic carbocycles. The first-order valence-electron chi connectivity index (χ1n) is 15.6. The van der Waals surface area contributed by atoms with Gasteiger partial charge in [0.05, 0.1) is 29.8 Å². The Bertz CT molecular complexity index is 1380. The van der Waals surface area contributed by atoms with E-state index in [4.69, 9.17) is 19.9 Å². The Hall–Kier alpha value is -2.74. The molecule has 3 heterocycles. The Balaban J connectivity index is 1.19. The number of nitrogen functional groups attached to an aromatic ring is 1. The number of hydrogen-bond acceptors (Lipinski definition) is 9. The number of rotatable bonds is 12. The first kappa shape index (κ1) is 31.3. The molecule has 44 heavy (non-hydrogen) atoms. The Morgan fingerprint density at radius 3 is 2.55 bits per heavy atom. The van der Waals surface area contributed by atoms with E-state index in [0.29, 0.717) is 30.7 Å². The van der Waals surface area contributed by atoms with Gasteiger partial charge in [-0.3, -0.25) is 0 Å². The molecule has 4 N–H and O–H groups in total. The van der Waals surface area contributed by atoms with Crippen LogP contribution in [-0.4, -0.2) is 98.3 Å². The zero-order valence-electron chi connectivity index (χ0n) is 25.3. The maximum atomic E-state index is 13.9. The number of alkyl carbamates (subject to hydrolysis) is 1. The van der Waals surface area contributed by atoms with Gasteiger partial charge in [-0.25, -0.2) is 13.2 Å². The van der Waals surface area contributed by atoms with Crippen LogP contribution in [0.2, 0.25) is 0 Å². The molecule has 1 saturated carbocycles. The van der Waals surface area contributed by atoms with Crippen LogP contribution in [0.25, 0.3) is 0 Å². The van der Waals surface area contributed by atoms with E-state index in [0.717, 1.165) is 31.5 Å². The first-order chi connectivity index (χ1) is 21.1. The summed E-state index contributed by atoms with van der Waals surface area (Å²) in [6.07, 6.45) is -0.764. The van der Waals surface area contributed by atoms with Crippen LogP contribution in [0.1, 0.15) is 32.3 Å². The molecule has 0 radical (unpaired) electrons. The minimum Gasteiger partial charge on any atom is -0.443 e. The molecule has 3 saturated heterocycles. The van der Waals surface area contributed by atoms with Gasteiger partial charge in [0.15, 0.2) is 6.29 Å². The maximum absolute atomic E-state index is 13.9. The van der Waals surface area contributed by atoms with Gasteiger partial charge in [-0.05, 0) is 68.9 Å². The lowest BCUT2D eigenvalue weighted by Crippen LogP contribution is -2.57. The van der Waals surface area contributed by atoms with Crippen molar-refractivity contribution in [3.63, 3.8) is 0 Å². The van der Waals surface area contributed by atoms with Crippen molar-refractivity contribution >= 4 is 21.8 Å². The predicted molar refractivity (Wildman–Crippen MR) is 164 cm³/mol. The number of fused-ring (bicyclic) bond motifs is 2. The molecule has 11 nitrogen and oxygen atoms in total. The van der Waals surface area contributed by atoms with Crippen LogP contribution >= 0.6 is 0 Å². The van der Waals surface area contributed by atoms with Crippen molar-refractivity contribution in [2.45, 2.75) is 74.7 Å². The molecule has 4 fully saturated rings. The molecule has 1 amide bonds. The number of benzene rings is 2. The summed E-state index contributed by atoms with van der Waals surface area (Å²) in [7, 11) is -3.97. The van der Waals surface area contributed by atoms with E-state index in [1.54, 1.807) is 12.1 Å². The van der Waals surface area contributed by atoms with E-state index < -0.39 is 34.4 Å². The second-order valence-corrected chi connectivity index (χ2v) is 15.0. The van der Waals surface area contributed by atoms with Gasteiger partial charge in [0.1, 0.15) is 6.10 Å². The summed E-state index contributed by atoms with van der Waals surface area (Å²) < 4.78 is 46.9. The molecule has 12 heteroatoms. The summed E-state index contributed by atoms with van der Waals surface area (Å²) in [5.41, 5.74) is 7.18. The summed E-state index contributed by atoms with van der Waals surface area (Å²) in [4.78, 5) is 15.7. The number of hydrogen-bond donors (Lipinski definition) is 3. The highest BCUT2D eigenvalue weighted by atomic mass is 32.2. The molecule has 0 spiro atoms. The van der Waals surface area contributed by atoms with Gasteiger partial charge in [0, 0.05) is 49.7 Å². The molecule has 240 valence electrons. The zero-order valence-corrected chi connectivity index (χ0v) is 26.1. The number of carbonyl (C=O) groups is 1. The van der Waals surface area contributed by atoms with Crippen molar-refractivity contribution in [2.24, 2.45) is 17.8 Å². The topological polar surface area (TPSA) is 144 Å². The molecule has 2 aromatic rings. The summed E-state index contributed by atoms with van der Waals surface area (Å²) in [6, 6.07) is 15.1. The fourth-order valence-electron chi connectivity index (χ4n) is 7.01. The number of carbonyl (C=O) groups excluding carboxylic acids is 1. The van der Waals surface area contributed by atoms with Crippen LogP contribution in [0.3, 0.4) is 0 Å². The van der Waals surface area contributed by atoms with Crippen LogP contribution in [0, 0.1) is 17.8 Å². The van der Waals surface area contributed by atoms with E-state index in [1.165, 1.54) is 16.4 Å². The van der Waals surface area contributed by atoms with Gasteiger partial charge >= 0.3 is 6.09 Å². The monoisotopic (exact) mass is 628 g/mol. The standard InChI is InChI=1S/C32H44N4O7S/c1-20(2)35-15-22(16-35)17-36(44(39,40)26-10-8-25(33)9-11-26)18-28(37)27(12-21-6-4-3-5-7-21)34-32(38)43-30-24-13-23-14-29(30)42-31(23)41-19-24/h3-11,20,22-24,27-31,37H,12-19,33H2,1-2H3,(H,34,38)/t23?,24?,27-,28+,29-,30+,31?/m0/s1. The van der Waals surface area contributed by atoms with Gasteiger partial charge in [-0.15, -0.1) is 0 Å². The van der Waals surface area contributed by atoms with Crippen molar-refractivity contribution in [2.75, 3.05) is 38.5 Å². The number of aliphatic hydroxyl groups is 1. The molecular weight excluding hydrogens is 584 g/mol. The van der Waals surface area contributed by atoms with E-state index in [2.05, 4.69) is 24.1 Å². The number of anilines is 1. The number of aliphatic hydroxyl groups excluding tert-OH is 1. The summed E-state index contributed by atoms with van der Waals surface area (Å²) >= 11 is 0. The quantitative estimate of drug-likeness (QED) is 0.302. The fraction of sp³-hybridized carbons (Fsp3) is 0.594. The van der Waals surface area contributed by atoms with Crippen molar-refractivity contribution in [3.05, 3.63) is 60.2 Å². The predicted octanol–water partition coefficient (Wildman–Crippen LogP) is 2.45. The highest BCUT2D eigenvalue weighted by Gasteiger charge is 2.53. The smallest absolute Gasteiger partial charge is 0.407 e. The number of ether oxygens (including phenoxy) is 3. The lowest BCUT2D eigenvalue weighted by molar-refractivity contribution is -0.153. The third-order valence-electron chi connectivity index (χ3n) is 9.54. The molecule has 7 atom stereocenters. The summed E-state index contributed by atoms with van der Waals surface area (Å²) in [6.45, 7) is 6.32. The molecule has 0 aromatic heterocycles. The zero-order chi connectivity index (χ0) is 31.0. The lowest BCUT2D eigenvalue weighted by atomic mass is 9.78. The number of sulfonamides is 1. The van der Waals surface area contributed by atoms with E-state index in [-0.39, 0.29) is 42.2 Å². The van der Waals surface area contributed by atoms with Crippen molar-refractivity contribution in [3.8, 4) is 0 Å². The summed E-state index contributed by atoms with van der Waals surface area (Å²) in [5.74, 6) is 0.526. The Kier molecular flexibility index (Phi) is 9.19. The average Bonchev–Trinajstić information content (AvgIpc) is 3.27. The van der Waals surface area contributed by atoms with Crippen LogP contribution < -0.4 is 11.1 Å². The van der Waals surface area contributed by atoms with Gasteiger partial charge in [-0.2, -0.15) is 4.31 Å². The second kappa shape index (κ2) is 12.9. The molecule has 3 unspecified atom stereocenters. The van der Waals surface area contributed by atoms with Gasteiger partial charge in [-0.1, -0.05) is 30.3 Å². The van der Waals surface area contributed by atoms with Crippen LogP contribution in [0.4, 0.5) is 10.5 Å². The number of likely N-dealkylation sites (tertiary alicyclic amines) is 1. The van der Waals surface area contributed by atoms with Crippen molar-refractivity contribution in [1.82, 2.24) is 14.5 Å². The fourth-order valence-corrected chi connectivity index (χ4v) is 8.55. The average molecular weight is 629 g/mol. The molecule has 6 rings (SSSR count). The van der Waals surface area contributed by atoms with Crippen molar-refractivity contribution in [1.29, 1.82) is 0 Å². The van der Waals surface area contributed by atoms with E-state index in [9.17, 15) is 18.3 Å². The Labute approximate surface area is 259 Å². The number of nitrogens with two attached hydrogens (primary N) is 1. The second-order valence-electron chi connectivity index (χ2n) is 13.1. The largest absolute Gasteiger partial charge is 0.443 e. The summed E-state index contributed by atoms with van der Waals surface area (Å²) in [5, 5.41) is 14.5.